The summed E-state index contributed by atoms with van der Waals surface area (Å²) in [5, 5.41) is 6.28. The Labute approximate surface area is 114 Å². The first kappa shape index (κ1) is 15.2. The number of hydrogen-bond acceptors (Lipinski definition) is 3. The smallest absolute Gasteiger partial charge is 0.237 e. The van der Waals surface area contributed by atoms with Gasteiger partial charge in [0.25, 0.3) is 0 Å². The lowest BCUT2D eigenvalue weighted by atomic mass is 10.0. The molecule has 104 valence electrons. The number of rotatable bonds is 2. The molecule has 0 spiro atoms. The highest BCUT2D eigenvalue weighted by Crippen LogP contribution is 2.11. The van der Waals surface area contributed by atoms with Crippen molar-refractivity contribution >= 4 is 24.2 Å². The minimum Gasteiger partial charge on any atom is -0.350 e. The number of likely N-dealkylation sites (N-methyl/N-ethyl adjacent to an activating group) is 1. The zero-order valence-electron chi connectivity index (χ0n) is 10.8. The topological polar surface area (TPSA) is 61.4 Å². The Morgan fingerprint density at radius 1 is 1.39 bits per heavy atom. The van der Waals surface area contributed by atoms with Crippen molar-refractivity contribution < 1.29 is 9.59 Å². The van der Waals surface area contributed by atoms with Gasteiger partial charge in [-0.1, -0.05) is 6.42 Å². The van der Waals surface area contributed by atoms with Gasteiger partial charge in [-0.3, -0.25) is 9.59 Å². The zero-order valence-corrected chi connectivity index (χ0v) is 11.6. The number of piperidine rings is 2. The predicted molar refractivity (Wildman–Crippen MR) is 71.7 cm³/mol. The molecule has 0 aromatic carbocycles. The van der Waals surface area contributed by atoms with Gasteiger partial charge in [0.1, 0.15) is 0 Å². The molecule has 5 nitrogen and oxygen atoms in total. The third-order valence-corrected chi connectivity index (χ3v) is 3.60. The maximum atomic E-state index is 12.0. The molecule has 0 saturated carbocycles. The minimum atomic E-state index is -0.0355. The van der Waals surface area contributed by atoms with E-state index in [9.17, 15) is 9.59 Å². The fourth-order valence-electron chi connectivity index (χ4n) is 2.51. The van der Waals surface area contributed by atoms with Gasteiger partial charge in [0, 0.05) is 26.1 Å². The SMILES string of the molecule is CN1CC(NC(=O)[C@@H]2CCCCN2)CCC1=O.Cl. The largest absolute Gasteiger partial charge is 0.350 e. The molecule has 18 heavy (non-hydrogen) atoms. The zero-order chi connectivity index (χ0) is 12.3. The van der Waals surface area contributed by atoms with Crippen LogP contribution in [0.25, 0.3) is 0 Å². The Balaban J connectivity index is 0.00000162. The monoisotopic (exact) mass is 275 g/mol. The van der Waals surface area contributed by atoms with Crippen molar-refractivity contribution in [3.63, 3.8) is 0 Å². The van der Waals surface area contributed by atoms with Gasteiger partial charge in [-0.15, -0.1) is 12.4 Å². The molecule has 2 fully saturated rings. The van der Waals surface area contributed by atoms with Crippen molar-refractivity contribution in [3.8, 4) is 0 Å². The summed E-state index contributed by atoms with van der Waals surface area (Å²) in [5.74, 6) is 0.267. The van der Waals surface area contributed by atoms with Crippen LogP contribution in [0.4, 0.5) is 0 Å². The Bertz CT molecular complexity index is 306. The van der Waals surface area contributed by atoms with E-state index in [4.69, 9.17) is 0 Å². The van der Waals surface area contributed by atoms with E-state index in [1.54, 1.807) is 11.9 Å². The van der Waals surface area contributed by atoms with Crippen LogP contribution in [-0.4, -0.2) is 48.9 Å². The molecule has 2 saturated heterocycles. The summed E-state index contributed by atoms with van der Waals surface area (Å²) in [5.41, 5.74) is 0. The third kappa shape index (κ3) is 3.85. The third-order valence-electron chi connectivity index (χ3n) is 3.60. The second-order valence-electron chi connectivity index (χ2n) is 5.02. The number of halogens is 1. The molecule has 2 heterocycles. The maximum Gasteiger partial charge on any atom is 0.237 e. The number of carbonyl (C=O) groups excluding carboxylic acids is 2. The minimum absolute atomic E-state index is 0. The van der Waals surface area contributed by atoms with Crippen LogP contribution in [0.15, 0.2) is 0 Å². The first-order valence-corrected chi connectivity index (χ1v) is 6.44. The fraction of sp³-hybridized carbons (Fsp3) is 0.833. The van der Waals surface area contributed by atoms with Crippen LogP contribution in [0.5, 0.6) is 0 Å². The van der Waals surface area contributed by atoms with E-state index >= 15 is 0 Å². The van der Waals surface area contributed by atoms with Crippen molar-refractivity contribution in [1.82, 2.24) is 15.5 Å². The number of hydrogen-bond donors (Lipinski definition) is 2. The number of nitrogens with zero attached hydrogens (tertiary/aromatic N) is 1. The second-order valence-corrected chi connectivity index (χ2v) is 5.02. The molecular weight excluding hydrogens is 254 g/mol. The molecule has 2 aliphatic heterocycles. The molecule has 2 atom stereocenters. The summed E-state index contributed by atoms with van der Waals surface area (Å²) in [6, 6.07) is 0.0839. The second kappa shape index (κ2) is 6.95. The lowest BCUT2D eigenvalue weighted by Crippen LogP contribution is -2.54. The molecule has 2 N–H and O–H groups in total. The van der Waals surface area contributed by atoms with E-state index in [0.717, 1.165) is 32.2 Å². The molecule has 0 bridgehead atoms. The van der Waals surface area contributed by atoms with Gasteiger partial charge in [0.2, 0.25) is 11.8 Å². The number of nitrogens with one attached hydrogen (secondary N) is 2. The van der Waals surface area contributed by atoms with E-state index in [2.05, 4.69) is 10.6 Å². The molecule has 0 aromatic rings. The number of likely N-dealkylation sites (tertiary alicyclic amines) is 1. The van der Waals surface area contributed by atoms with E-state index in [1.165, 1.54) is 0 Å². The summed E-state index contributed by atoms with van der Waals surface area (Å²) in [6.07, 6.45) is 4.51. The summed E-state index contributed by atoms with van der Waals surface area (Å²) in [4.78, 5) is 25.0. The molecule has 2 amide bonds. The maximum absolute atomic E-state index is 12.0. The van der Waals surface area contributed by atoms with Crippen molar-refractivity contribution in [2.75, 3.05) is 20.1 Å². The normalized spacial score (nSPS) is 28.5. The lowest BCUT2D eigenvalue weighted by molar-refractivity contribution is -0.134. The molecule has 1 unspecified atom stereocenters. The van der Waals surface area contributed by atoms with Crippen LogP contribution in [0, 0.1) is 0 Å². The Morgan fingerprint density at radius 2 is 2.17 bits per heavy atom. The Morgan fingerprint density at radius 3 is 2.78 bits per heavy atom. The van der Waals surface area contributed by atoms with Gasteiger partial charge < -0.3 is 15.5 Å². The van der Waals surface area contributed by atoms with Gasteiger partial charge in [0.15, 0.2) is 0 Å². The Kier molecular flexibility index (Phi) is 5.88. The highest BCUT2D eigenvalue weighted by molar-refractivity contribution is 5.85. The summed E-state index contributed by atoms with van der Waals surface area (Å²) < 4.78 is 0. The van der Waals surface area contributed by atoms with Crippen LogP contribution < -0.4 is 10.6 Å². The molecule has 2 aliphatic rings. The van der Waals surface area contributed by atoms with Crippen molar-refractivity contribution in [3.05, 3.63) is 0 Å². The van der Waals surface area contributed by atoms with Gasteiger partial charge in [-0.25, -0.2) is 0 Å². The van der Waals surface area contributed by atoms with Crippen molar-refractivity contribution in [2.24, 2.45) is 0 Å². The average molecular weight is 276 g/mol. The Hall–Kier alpha value is -0.810. The van der Waals surface area contributed by atoms with E-state index < -0.39 is 0 Å². The van der Waals surface area contributed by atoms with Gasteiger partial charge in [-0.05, 0) is 25.8 Å². The average Bonchev–Trinajstić information content (AvgIpc) is 2.35. The van der Waals surface area contributed by atoms with Crippen LogP contribution in [-0.2, 0) is 9.59 Å². The molecule has 0 aromatic heterocycles. The van der Waals surface area contributed by atoms with Gasteiger partial charge >= 0.3 is 0 Å². The predicted octanol–water partition coefficient (Wildman–Crippen LogP) is 0.287. The number of carbonyl (C=O) groups is 2. The van der Waals surface area contributed by atoms with Crippen LogP contribution in [0.2, 0.25) is 0 Å². The van der Waals surface area contributed by atoms with E-state index in [-0.39, 0.29) is 36.3 Å². The fourth-order valence-corrected chi connectivity index (χ4v) is 2.51. The van der Waals surface area contributed by atoms with Crippen LogP contribution >= 0.6 is 12.4 Å². The molecule has 6 heteroatoms. The van der Waals surface area contributed by atoms with Crippen molar-refractivity contribution in [2.45, 2.75) is 44.2 Å². The molecule has 0 radical (unpaired) electrons. The van der Waals surface area contributed by atoms with Crippen molar-refractivity contribution in [1.29, 1.82) is 0 Å². The molecule has 0 aliphatic carbocycles. The summed E-state index contributed by atoms with van der Waals surface area (Å²) >= 11 is 0. The first-order chi connectivity index (χ1) is 8.16. The molecular formula is C12H22ClN3O2. The van der Waals surface area contributed by atoms with Crippen LogP contribution in [0.1, 0.15) is 32.1 Å². The lowest BCUT2D eigenvalue weighted by Gasteiger charge is -2.32. The van der Waals surface area contributed by atoms with E-state index in [1.807, 2.05) is 0 Å². The highest BCUT2D eigenvalue weighted by Gasteiger charge is 2.27. The molecule has 2 rings (SSSR count). The van der Waals surface area contributed by atoms with Gasteiger partial charge in [-0.2, -0.15) is 0 Å². The first-order valence-electron chi connectivity index (χ1n) is 6.44. The summed E-state index contributed by atoms with van der Waals surface area (Å²) in [7, 11) is 1.79. The quantitative estimate of drug-likeness (QED) is 0.761. The summed E-state index contributed by atoms with van der Waals surface area (Å²) in [6.45, 7) is 1.57. The van der Waals surface area contributed by atoms with Gasteiger partial charge in [0.05, 0.1) is 6.04 Å². The highest BCUT2D eigenvalue weighted by atomic mass is 35.5. The number of amides is 2. The van der Waals surface area contributed by atoms with Crippen LogP contribution in [0.3, 0.4) is 0 Å². The standard InChI is InChI=1S/C12H21N3O2.ClH/c1-15-8-9(5-6-11(15)16)14-12(17)10-4-2-3-7-13-10;/h9-10,13H,2-8H2,1H3,(H,14,17);1H/t9?,10-;/m0./s1. The van der Waals surface area contributed by atoms with E-state index in [0.29, 0.717) is 13.0 Å².